The molecule has 12 heteroatoms. The van der Waals surface area contributed by atoms with Gasteiger partial charge >= 0.3 is 0 Å². The molecule has 7 rings (SSSR count). The standard InChI is InChI=1S/C30H28ClF2N5O4/c31-19-3-1-18(22(32)12-19)16-42-27-23(33)14-34-29(36-27)37-8-6-30(7-9-37)13-21(30)26-35-24-4-2-17(28(39)40)11-25(24)38(26)15-20-5-10-41-20/h1-4,11-12,14,20-21H,5-10,13,15-16H2,(H,39,40)/p-1/t20-,21?/m0/s1. The number of hydrogen-bond donors (Lipinski definition) is 0. The van der Waals surface area contributed by atoms with E-state index >= 15 is 0 Å². The molecule has 1 aliphatic carbocycles. The van der Waals surface area contributed by atoms with Crippen LogP contribution in [0.4, 0.5) is 14.7 Å². The average molecular weight is 595 g/mol. The van der Waals surface area contributed by atoms with Gasteiger partial charge in [-0.05, 0) is 60.9 Å². The van der Waals surface area contributed by atoms with Gasteiger partial charge < -0.3 is 28.8 Å². The monoisotopic (exact) mass is 594 g/mol. The number of halogens is 3. The second kappa shape index (κ2) is 10.5. The van der Waals surface area contributed by atoms with Gasteiger partial charge in [-0.25, -0.2) is 14.4 Å². The van der Waals surface area contributed by atoms with Gasteiger partial charge in [0, 0.05) is 36.2 Å². The highest BCUT2D eigenvalue weighted by Crippen LogP contribution is 2.65. The van der Waals surface area contributed by atoms with Crippen LogP contribution in [0.25, 0.3) is 11.0 Å². The lowest BCUT2D eigenvalue weighted by Gasteiger charge is -2.33. The van der Waals surface area contributed by atoms with Gasteiger partial charge in [0.1, 0.15) is 18.2 Å². The van der Waals surface area contributed by atoms with Gasteiger partial charge in [-0.15, -0.1) is 0 Å². The highest BCUT2D eigenvalue weighted by molar-refractivity contribution is 6.30. The van der Waals surface area contributed by atoms with Crippen LogP contribution in [0.5, 0.6) is 5.88 Å². The Balaban J connectivity index is 1.06. The number of nitrogens with zero attached hydrogens (tertiary/aromatic N) is 5. The highest BCUT2D eigenvalue weighted by atomic mass is 35.5. The van der Waals surface area contributed by atoms with E-state index in [0.717, 1.165) is 55.3 Å². The fraction of sp³-hybridized carbons (Fsp3) is 0.400. The Kier molecular flexibility index (Phi) is 6.73. The van der Waals surface area contributed by atoms with Crippen molar-refractivity contribution in [1.29, 1.82) is 0 Å². The molecule has 2 aromatic heterocycles. The maximum Gasteiger partial charge on any atom is 0.255 e. The van der Waals surface area contributed by atoms with Crippen molar-refractivity contribution in [2.45, 2.75) is 50.9 Å². The number of carbonyl (C=O) groups excluding carboxylic acids is 1. The normalized spacial score (nSPS) is 21.0. The molecule has 4 aromatic rings. The topological polar surface area (TPSA) is 105 Å². The van der Waals surface area contributed by atoms with Crippen LogP contribution in [0.1, 0.15) is 53.3 Å². The fourth-order valence-corrected chi connectivity index (χ4v) is 6.32. The second-order valence-electron chi connectivity index (χ2n) is 11.3. The molecular formula is C30H27ClF2N5O4-. The van der Waals surface area contributed by atoms with E-state index in [4.69, 9.17) is 26.1 Å². The van der Waals surface area contributed by atoms with Crippen molar-refractivity contribution in [3.05, 3.63) is 76.2 Å². The third kappa shape index (κ3) is 4.94. The van der Waals surface area contributed by atoms with E-state index in [1.165, 1.54) is 18.2 Å². The van der Waals surface area contributed by atoms with E-state index in [0.29, 0.717) is 25.6 Å². The summed E-state index contributed by atoms with van der Waals surface area (Å²) in [5.74, 6) is -1.14. The Morgan fingerprint density at radius 2 is 1.95 bits per heavy atom. The molecule has 1 saturated carbocycles. The number of rotatable bonds is 8. The first-order valence-corrected chi connectivity index (χ1v) is 14.3. The van der Waals surface area contributed by atoms with Gasteiger partial charge in [0.15, 0.2) is 0 Å². The molecule has 42 heavy (non-hydrogen) atoms. The van der Waals surface area contributed by atoms with Gasteiger partial charge in [-0.2, -0.15) is 9.37 Å². The number of carboxylic acids is 1. The predicted octanol–water partition coefficient (Wildman–Crippen LogP) is 4.26. The van der Waals surface area contributed by atoms with Crippen LogP contribution in [-0.4, -0.2) is 51.3 Å². The Morgan fingerprint density at radius 1 is 1.14 bits per heavy atom. The maximum atomic E-state index is 14.5. The van der Waals surface area contributed by atoms with E-state index in [1.54, 1.807) is 18.2 Å². The number of benzene rings is 2. The number of fused-ring (bicyclic) bond motifs is 1. The van der Waals surface area contributed by atoms with Gasteiger partial charge in [-0.3, -0.25) is 0 Å². The molecule has 4 heterocycles. The minimum atomic E-state index is -1.21. The van der Waals surface area contributed by atoms with Crippen molar-refractivity contribution in [1.82, 2.24) is 19.5 Å². The number of imidazole rings is 1. The molecule has 0 N–H and O–H groups in total. The Labute approximate surface area is 245 Å². The zero-order valence-corrected chi connectivity index (χ0v) is 23.3. The Morgan fingerprint density at radius 3 is 2.67 bits per heavy atom. The molecule has 2 atom stereocenters. The van der Waals surface area contributed by atoms with Gasteiger partial charge in [0.05, 0.1) is 35.8 Å². The molecular weight excluding hydrogens is 568 g/mol. The zero-order valence-electron chi connectivity index (χ0n) is 22.6. The molecule has 2 aromatic carbocycles. The maximum absolute atomic E-state index is 14.5. The lowest BCUT2D eigenvalue weighted by Crippen LogP contribution is -2.36. The molecule has 3 aliphatic rings. The smallest absolute Gasteiger partial charge is 0.255 e. The van der Waals surface area contributed by atoms with Gasteiger partial charge in [0.25, 0.3) is 5.88 Å². The molecule has 3 fully saturated rings. The third-order valence-electron chi connectivity index (χ3n) is 8.82. The highest BCUT2D eigenvalue weighted by Gasteiger charge is 2.57. The molecule has 0 amide bonds. The van der Waals surface area contributed by atoms with Crippen LogP contribution in [0.2, 0.25) is 5.02 Å². The zero-order chi connectivity index (χ0) is 29.0. The number of ether oxygens (including phenoxy) is 2. The summed E-state index contributed by atoms with van der Waals surface area (Å²) >= 11 is 5.81. The number of carboxylic acid groups (broad SMARTS) is 1. The first kappa shape index (κ1) is 27.0. The molecule has 0 bridgehead atoms. The number of hydrogen-bond acceptors (Lipinski definition) is 8. The van der Waals surface area contributed by atoms with E-state index in [-0.39, 0.29) is 46.1 Å². The first-order chi connectivity index (χ1) is 20.3. The van der Waals surface area contributed by atoms with E-state index < -0.39 is 17.6 Å². The van der Waals surface area contributed by atoms with Crippen molar-refractivity contribution >= 4 is 34.6 Å². The van der Waals surface area contributed by atoms with Crippen LogP contribution in [-0.2, 0) is 17.9 Å². The van der Waals surface area contributed by atoms with E-state index in [1.807, 2.05) is 4.90 Å². The number of aromatic carboxylic acids is 1. The molecule has 0 radical (unpaired) electrons. The lowest BCUT2D eigenvalue weighted by atomic mass is 9.90. The molecule has 9 nitrogen and oxygen atoms in total. The van der Waals surface area contributed by atoms with Crippen molar-refractivity contribution < 1.29 is 28.2 Å². The van der Waals surface area contributed by atoms with Crippen LogP contribution < -0.4 is 14.7 Å². The average Bonchev–Trinajstić information content (AvgIpc) is 3.52. The number of piperidine rings is 1. The van der Waals surface area contributed by atoms with Crippen LogP contribution in [0, 0.1) is 17.0 Å². The van der Waals surface area contributed by atoms with Crippen molar-refractivity contribution in [3.63, 3.8) is 0 Å². The summed E-state index contributed by atoms with van der Waals surface area (Å²) in [4.78, 5) is 27.0. The summed E-state index contributed by atoms with van der Waals surface area (Å²) in [5, 5.41) is 11.8. The number of carbonyl (C=O) groups is 1. The number of anilines is 1. The Bertz CT molecular complexity index is 1690. The number of aromatic nitrogens is 4. The van der Waals surface area contributed by atoms with Gasteiger partial charge in [0.2, 0.25) is 11.8 Å². The molecule has 2 saturated heterocycles. The van der Waals surface area contributed by atoms with Crippen LogP contribution in [0.15, 0.2) is 42.6 Å². The third-order valence-corrected chi connectivity index (χ3v) is 9.05. The van der Waals surface area contributed by atoms with E-state index in [9.17, 15) is 18.7 Å². The fourth-order valence-electron chi connectivity index (χ4n) is 6.16. The van der Waals surface area contributed by atoms with Crippen LogP contribution >= 0.6 is 11.6 Å². The van der Waals surface area contributed by atoms with E-state index in [2.05, 4.69) is 14.5 Å². The SMILES string of the molecule is O=C([O-])c1ccc2nc(C3CC34CCN(c3ncc(F)c(OCc5ccc(Cl)cc5F)n3)CC4)n(C[C@@H]3CCO3)c2c1. The molecule has 218 valence electrons. The van der Waals surface area contributed by atoms with Crippen LogP contribution in [0.3, 0.4) is 0 Å². The van der Waals surface area contributed by atoms with Gasteiger partial charge in [-0.1, -0.05) is 23.7 Å². The summed E-state index contributed by atoms with van der Waals surface area (Å²) in [6, 6.07) is 9.13. The quantitative estimate of drug-likeness (QED) is 0.298. The minimum absolute atomic E-state index is 0.0682. The first-order valence-electron chi connectivity index (χ1n) is 14.0. The summed E-state index contributed by atoms with van der Waals surface area (Å²) in [6.45, 7) is 2.52. The molecule has 1 unspecified atom stereocenters. The molecule has 1 spiro atoms. The summed E-state index contributed by atoms with van der Waals surface area (Å²) < 4.78 is 41.9. The summed E-state index contributed by atoms with van der Waals surface area (Å²) in [6.07, 6.45) is 4.85. The lowest BCUT2D eigenvalue weighted by molar-refractivity contribution is -0.255. The largest absolute Gasteiger partial charge is 0.545 e. The van der Waals surface area contributed by atoms with Crippen molar-refractivity contribution in [3.8, 4) is 5.88 Å². The van der Waals surface area contributed by atoms with Crippen molar-refractivity contribution in [2.24, 2.45) is 5.41 Å². The second-order valence-corrected chi connectivity index (χ2v) is 11.7. The summed E-state index contributed by atoms with van der Waals surface area (Å²) in [5.41, 5.74) is 1.99. The molecule has 2 aliphatic heterocycles. The Hall–Kier alpha value is -3.83. The van der Waals surface area contributed by atoms with Crippen molar-refractivity contribution in [2.75, 3.05) is 24.6 Å². The predicted molar refractivity (Wildman–Crippen MR) is 147 cm³/mol. The minimum Gasteiger partial charge on any atom is -0.545 e. The summed E-state index contributed by atoms with van der Waals surface area (Å²) in [7, 11) is 0.